The van der Waals surface area contributed by atoms with Crippen LogP contribution in [0, 0.1) is 0 Å². The minimum absolute atomic E-state index is 0.108. The first-order valence-electron chi connectivity index (χ1n) is 2.91. The quantitative estimate of drug-likeness (QED) is 0.378. The van der Waals surface area contributed by atoms with Crippen LogP contribution in [0.25, 0.3) is 0 Å². The Hall–Kier alpha value is -0.770. The van der Waals surface area contributed by atoms with E-state index in [2.05, 4.69) is 5.32 Å². The van der Waals surface area contributed by atoms with Crippen LogP contribution in [0.5, 0.6) is 0 Å². The second kappa shape index (κ2) is 4.14. The van der Waals surface area contributed by atoms with Gasteiger partial charge in [0.2, 0.25) is 0 Å². The monoisotopic (exact) mass is 132 g/mol. The fourth-order valence-electron chi connectivity index (χ4n) is 0.358. The third-order valence-corrected chi connectivity index (χ3v) is 1.09. The molecule has 1 unspecified atom stereocenters. The van der Waals surface area contributed by atoms with Crippen molar-refractivity contribution in [2.24, 2.45) is 0 Å². The van der Waals surface area contributed by atoms with E-state index in [1.165, 1.54) is 5.48 Å². The molecule has 0 aromatic heterocycles. The Morgan fingerprint density at radius 3 is 2.67 bits per heavy atom. The van der Waals surface area contributed by atoms with Crippen LogP contribution in [0.15, 0.2) is 0 Å². The smallest absolute Gasteiger partial charge is 0.334 e. The van der Waals surface area contributed by atoms with E-state index in [9.17, 15) is 4.79 Å². The number of amides is 2. The largest absolute Gasteiger partial charge is 0.338 e. The van der Waals surface area contributed by atoms with Crippen molar-refractivity contribution in [3.63, 3.8) is 0 Å². The van der Waals surface area contributed by atoms with Crippen molar-refractivity contribution in [1.29, 1.82) is 0 Å². The molecule has 9 heavy (non-hydrogen) atoms. The molecule has 0 fully saturated rings. The summed E-state index contributed by atoms with van der Waals surface area (Å²) in [7, 11) is 0. The maximum atomic E-state index is 10.3. The molecule has 0 bridgehead atoms. The molecule has 0 saturated carbocycles. The lowest BCUT2D eigenvalue weighted by atomic mass is 10.3. The van der Waals surface area contributed by atoms with E-state index in [0.717, 1.165) is 6.42 Å². The Balaban J connectivity index is 3.34. The van der Waals surface area contributed by atoms with Gasteiger partial charge < -0.3 is 5.32 Å². The molecule has 0 rings (SSSR count). The average molecular weight is 132 g/mol. The topological polar surface area (TPSA) is 61.4 Å². The summed E-state index contributed by atoms with van der Waals surface area (Å²) in [6.45, 7) is 3.80. The zero-order chi connectivity index (χ0) is 7.28. The van der Waals surface area contributed by atoms with Crippen LogP contribution < -0.4 is 10.8 Å². The summed E-state index contributed by atoms with van der Waals surface area (Å²) in [6, 6.07) is -0.443. The van der Waals surface area contributed by atoms with Crippen molar-refractivity contribution in [1.82, 2.24) is 10.8 Å². The van der Waals surface area contributed by atoms with Gasteiger partial charge in [0.15, 0.2) is 0 Å². The summed E-state index contributed by atoms with van der Waals surface area (Å²) < 4.78 is 0. The molecule has 0 heterocycles. The molecule has 4 heteroatoms. The predicted molar refractivity (Wildman–Crippen MR) is 33.2 cm³/mol. The normalized spacial score (nSPS) is 12.3. The first-order valence-corrected chi connectivity index (χ1v) is 2.91. The van der Waals surface area contributed by atoms with Crippen molar-refractivity contribution < 1.29 is 10.0 Å². The lowest BCUT2D eigenvalue weighted by molar-refractivity contribution is 0.159. The number of hydrogen-bond acceptors (Lipinski definition) is 2. The van der Waals surface area contributed by atoms with E-state index in [4.69, 9.17) is 5.21 Å². The summed E-state index contributed by atoms with van der Waals surface area (Å²) in [5, 5.41) is 10.5. The Bertz CT molecular complexity index is 95.0. The maximum absolute atomic E-state index is 10.3. The van der Waals surface area contributed by atoms with Crippen LogP contribution in [0.2, 0.25) is 0 Å². The lowest BCUT2D eigenvalue weighted by Crippen LogP contribution is -2.38. The van der Waals surface area contributed by atoms with E-state index >= 15 is 0 Å². The molecular weight excluding hydrogens is 120 g/mol. The standard InChI is InChI=1S/C5H12N2O2/c1-3-4(2)6-5(8)7-9/h4,9H,3H2,1-2H3,(H2,6,7,8). The zero-order valence-electron chi connectivity index (χ0n) is 5.64. The molecule has 0 aliphatic carbocycles. The van der Waals surface area contributed by atoms with Gasteiger partial charge in [-0.25, -0.2) is 10.3 Å². The SMILES string of the molecule is CCC(C)NC(=O)NO. The van der Waals surface area contributed by atoms with Crippen LogP contribution in [0.4, 0.5) is 4.79 Å². The van der Waals surface area contributed by atoms with Crippen molar-refractivity contribution in [2.45, 2.75) is 26.3 Å². The van der Waals surface area contributed by atoms with Gasteiger partial charge >= 0.3 is 6.03 Å². The van der Waals surface area contributed by atoms with Gasteiger partial charge in [-0.3, -0.25) is 5.21 Å². The number of hydroxylamine groups is 1. The van der Waals surface area contributed by atoms with Gasteiger partial charge in [0.05, 0.1) is 0 Å². The molecule has 2 amide bonds. The Morgan fingerprint density at radius 1 is 1.78 bits per heavy atom. The zero-order valence-corrected chi connectivity index (χ0v) is 5.64. The predicted octanol–water partition coefficient (Wildman–Crippen LogP) is 0.473. The molecule has 0 aliphatic rings. The van der Waals surface area contributed by atoms with Crippen LogP contribution in [0.1, 0.15) is 20.3 Å². The summed E-state index contributed by atoms with van der Waals surface area (Å²) in [6.07, 6.45) is 0.855. The summed E-state index contributed by atoms with van der Waals surface area (Å²) in [5.74, 6) is 0. The highest BCUT2D eigenvalue weighted by molar-refractivity contribution is 5.72. The number of nitrogens with one attached hydrogen (secondary N) is 2. The van der Waals surface area contributed by atoms with E-state index in [1.54, 1.807) is 0 Å². The van der Waals surface area contributed by atoms with Crippen molar-refractivity contribution in [3.05, 3.63) is 0 Å². The van der Waals surface area contributed by atoms with E-state index in [-0.39, 0.29) is 6.04 Å². The number of rotatable bonds is 2. The molecule has 0 aromatic rings. The fourth-order valence-corrected chi connectivity index (χ4v) is 0.358. The lowest BCUT2D eigenvalue weighted by Gasteiger charge is -2.08. The highest BCUT2D eigenvalue weighted by Crippen LogP contribution is 1.85. The first-order chi connectivity index (χ1) is 4.20. The van der Waals surface area contributed by atoms with E-state index in [0.29, 0.717) is 0 Å². The minimum atomic E-state index is -0.552. The van der Waals surface area contributed by atoms with Gasteiger partial charge in [-0.15, -0.1) is 0 Å². The van der Waals surface area contributed by atoms with E-state index in [1.807, 2.05) is 13.8 Å². The van der Waals surface area contributed by atoms with Crippen molar-refractivity contribution >= 4 is 6.03 Å². The Morgan fingerprint density at radius 2 is 2.33 bits per heavy atom. The van der Waals surface area contributed by atoms with E-state index < -0.39 is 6.03 Å². The highest BCUT2D eigenvalue weighted by atomic mass is 16.5. The number of carbonyl (C=O) groups is 1. The fraction of sp³-hybridized carbons (Fsp3) is 0.800. The van der Waals surface area contributed by atoms with Gasteiger partial charge in [0, 0.05) is 6.04 Å². The van der Waals surface area contributed by atoms with Gasteiger partial charge in [-0.1, -0.05) is 6.92 Å². The Labute approximate surface area is 54.2 Å². The third-order valence-electron chi connectivity index (χ3n) is 1.09. The summed E-state index contributed by atoms with van der Waals surface area (Å²) >= 11 is 0. The third kappa shape index (κ3) is 3.78. The maximum Gasteiger partial charge on any atom is 0.338 e. The van der Waals surface area contributed by atoms with Crippen LogP contribution in [-0.2, 0) is 0 Å². The number of hydrogen-bond donors (Lipinski definition) is 3. The molecular formula is C5H12N2O2. The molecule has 0 aromatic carbocycles. The molecule has 0 saturated heterocycles. The second-order valence-corrected chi connectivity index (χ2v) is 1.89. The van der Waals surface area contributed by atoms with Crippen LogP contribution in [0.3, 0.4) is 0 Å². The van der Waals surface area contributed by atoms with Gasteiger partial charge in [-0.05, 0) is 13.3 Å². The molecule has 0 radical (unpaired) electrons. The number of urea groups is 1. The van der Waals surface area contributed by atoms with Crippen LogP contribution >= 0.6 is 0 Å². The van der Waals surface area contributed by atoms with Gasteiger partial charge in [0.1, 0.15) is 0 Å². The van der Waals surface area contributed by atoms with Crippen molar-refractivity contribution in [2.75, 3.05) is 0 Å². The van der Waals surface area contributed by atoms with Crippen LogP contribution in [-0.4, -0.2) is 17.3 Å². The van der Waals surface area contributed by atoms with Gasteiger partial charge in [-0.2, -0.15) is 0 Å². The van der Waals surface area contributed by atoms with Gasteiger partial charge in [0.25, 0.3) is 0 Å². The number of carbonyl (C=O) groups excluding carboxylic acids is 1. The Kier molecular flexibility index (Phi) is 3.79. The molecule has 3 N–H and O–H groups in total. The molecule has 0 aliphatic heterocycles. The second-order valence-electron chi connectivity index (χ2n) is 1.89. The summed E-state index contributed by atoms with van der Waals surface area (Å²) in [5.41, 5.74) is 1.48. The molecule has 1 atom stereocenters. The first kappa shape index (κ1) is 8.23. The average Bonchev–Trinajstić information content (AvgIpc) is 1.87. The molecule has 54 valence electrons. The van der Waals surface area contributed by atoms with Crippen molar-refractivity contribution in [3.8, 4) is 0 Å². The molecule has 4 nitrogen and oxygen atoms in total. The minimum Gasteiger partial charge on any atom is -0.334 e. The summed E-state index contributed by atoms with van der Waals surface area (Å²) in [4.78, 5) is 10.3. The highest BCUT2D eigenvalue weighted by Gasteiger charge is 2.00. The molecule has 0 spiro atoms.